The van der Waals surface area contributed by atoms with E-state index in [2.05, 4.69) is 4.98 Å². The maximum atomic E-state index is 14.0. The number of hydrogen-bond donors (Lipinski definition) is 1. The number of aromatic nitrogens is 1. The third-order valence-electron chi connectivity index (χ3n) is 3.44. The molecule has 0 bridgehead atoms. The number of hydrogen-bond acceptors (Lipinski definition) is 2. The molecule has 0 saturated carbocycles. The molecule has 2 nitrogen and oxygen atoms in total. The molecule has 0 fully saturated rings. The van der Waals surface area contributed by atoms with Gasteiger partial charge in [0.05, 0.1) is 10.5 Å². The van der Waals surface area contributed by atoms with Gasteiger partial charge < -0.3 is 5.11 Å². The number of aliphatic hydroxyl groups excluding tert-OH is 1. The Morgan fingerprint density at radius 2 is 1.95 bits per heavy atom. The third-order valence-corrected chi connectivity index (χ3v) is 3.74. The van der Waals surface area contributed by atoms with Crippen molar-refractivity contribution in [3.63, 3.8) is 0 Å². The molecule has 0 aliphatic carbocycles. The van der Waals surface area contributed by atoms with Crippen molar-refractivity contribution in [3.05, 3.63) is 76.2 Å². The van der Waals surface area contributed by atoms with E-state index in [1.165, 1.54) is 12.1 Å². The average molecular weight is 302 g/mol. The molecule has 21 heavy (non-hydrogen) atoms. The lowest BCUT2D eigenvalue weighted by molar-refractivity contribution is 0.215. The molecule has 0 radical (unpaired) electrons. The topological polar surface area (TPSA) is 33.1 Å². The van der Waals surface area contributed by atoms with Crippen LogP contribution in [0.4, 0.5) is 4.39 Å². The number of nitrogens with zero attached hydrogens (tertiary/aromatic N) is 1. The second-order valence-electron chi connectivity index (χ2n) is 4.95. The summed E-state index contributed by atoms with van der Waals surface area (Å²) in [6.45, 7) is 1.92. The summed E-state index contributed by atoms with van der Waals surface area (Å²) in [5.74, 6) is -0.589. The van der Waals surface area contributed by atoms with Crippen molar-refractivity contribution < 1.29 is 9.50 Å². The zero-order chi connectivity index (χ0) is 15.0. The van der Waals surface area contributed by atoms with Gasteiger partial charge in [-0.05, 0) is 36.8 Å². The Labute approximate surface area is 126 Å². The van der Waals surface area contributed by atoms with Crippen molar-refractivity contribution in [1.82, 2.24) is 4.98 Å². The summed E-state index contributed by atoms with van der Waals surface area (Å²) in [5.41, 5.74) is 2.55. The van der Waals surface area contributed by atoms with Crippen LogP contribution in [0.1, 0.15) is 22.9 Å². The molecular formula is C17H13ClFNO. The number of halogens is 2. The Kier molecular flexibility index (Phi) is 3.62. The highest BCUT2D eigenvalue weighted by molar-refractivity contribution is 6.30. The maximum absolute atomic E-state index is 14.0. The minimum atomic E-state index is -1.06. The number of benzene rings is 2. The molecular weight excluding hydrogens is 289 g/mol. The Morgan fingerprint density at radius 3 is 2.76 bits per heavy atom. The van der Waals surface area contributed by atoms with Crippen LogP contribution >= 0.6 is 11.6 Å². The van der Waals surface area contributed by atoms with E-state index in [1.54, 1.807) is 12.1 Å². The fraction of sp³-hybridized carbons (Fsp3) is 0.118. The first-order valence-electron chi connectivity index (χ1n) is 6.55. The molecule has 106 valence electrons. The predicted molar refractivity (Wildman–Crippen MR) is 82.0 cm³/mol. The smallest absolute Gasteiger partial charge is 0.147 e. The molecule has 1 unspecified atom stereocenters. The van der Waals surface area contributed by atoms with Crippen molar-refractivity contribution in [3.8, 4) is 0 Å². The second kappa shape index (κ2) is 5.43. The van der Waals surface area contributed by atoms with E-state index in [9.17, 15) is 9.50 Å². The van der Waals surface area contributed by atoms with Gasteiger partial charge in [-0.25, -0.2) is 4.39 Å². The largest absolute Gasteiger partial charge is 0.384 e. The van der Waals surface area contributed by atoms with Crippen molar-refractivity contribution >= 4 is 22.5 Å². The summed E-state index contributed by atoms with van der Waals surface area (Å²) in [6.07, 6.45) is -1.06. The van der Waals surface area contributed by atoms with Crippen molar-refractivity contribution in [2.75, 3.05) is 0 Å². The Morgan fingerprint density at radius 1 is 1.14 bits per heavy atom. The van der Waals surface area contributed by atoms with E-state index in [1.807, 2.05) is 31.2 Å². The highest BCUT2D eigenvalue weighted by atomic mass is 35.5. The number of pyridine rings is 1. The Bertz CT molecular complexity index is 819. The van der Waals surface area contributed by atoms with Gasteiger partial charge in [0.25, 0.3) is 0 Å². The van der Waals surface area contributed by atoms with Crippen LogP contribution in [0.5, 0.6) is 0 Å². The van der Waals surface area contributed by atoms with Gasteiger partial charge in [0.1, 0.15) is 11.9 Å². The predicted octanol–water partition coefficient (Wildman–Crippen LogP) is 4.42. The van der Waals surface area contributed by atoms with Crippen LogP contribution in [-0.4, -0.2) is 10.1 Å². The van der Waals surface area contributed by atoms with Crippen LogP contribution in [0.15, 0.2) is 48.5 Å². The first-order valence-corrected chi connectivity index (χ1v) is 6.93. The molecule has 1 atom stereocenters. The lowest BCUT2D eigenvalue weighted by Gasteiger charge is -2.14. The molecule has 0 saturated heterocycles. The monoisotopic (exact) mass is 301 g/mol. The molecule has 3 rings (SSSR count). The zero-order valence-electron chi connectivity index (χ0n) is 11.3. The van der Waals surface area contributed by atoms with Gasteiger partial charge in [0.2, 0.25) is 0 Å². The van der Waals surface area contributed by atoms with Gasteiger partial charge >= 0.3 is 0 Å². The Balaban J connectivity index is 2.07. The molecule has 1 heterocycles. The zero-order valence-corrected chi connectivity index (χ0v) is 12.1. The molecule has 0 spiro atoms. The SMILES string of the molecule is Cc1ccc2cc(C(O)c3cccc(Cl)c3F)ccc2n1. The summed E-state index contributed by atoms with van der Waals surface area (Å²) in [5, 5.41) is 11.3. The third kappa shape index (κ3) is 2.62. The molecule has 1 N–H and O–H groups in total. The fourth-order valence-electron chi connectivity index (χ4n) is 2.33. The van der Waals surface area contributed by atoms with Gasteiger partial charge in [-0.2, -0.15) is 0 Å². The van der Waals surface area contributed by atoms with E-state index >= 15 is 0 Å². The fourth-order valence-corrected chi connectivity index (χ4v) is 2.51. The molecule has 1 aromatic heterocycles. The molecule has 2 aromatic carbocycles. The minimum absolute atomic E-state index is 0.00429. The molecule has 0 aliphatic rings. The van der Waals surface area contributed by atoms with Crippen molar-refractivity contribution in [1.29, 1.82) is 0 Å². The van der Waals surface area contributed by atoms with E-state index in [0.717, 1.165) is 16.6 Å². The van der Waals surface area contributed by atoms with Crippen LogP contribution < -0.4 is 0 Å². The maximum Gasteiger partial charge on any atom is 0.147 e. The van der Waals surface area contributed by atoms with Crippen molar-refractivity contribution in [2.45, 2.75) is 13.0 Å². The van der Waals surface area contributed by atoms with Gasteiger partial charge in [0.15, 0.2) is 0 Å². The molecule has 4 heteroatoms. The van der Waals surface area contributed by atoms with Gasteiger partial charge in [-0.15, -0.1) is 0 Å². The van der Waals surface area contributed by atoms with Gasteiger partial charge in [0, 0.05) is 16.6 Å². The highest BCUT2D eigenvalue weighted by Gasteiger charge is 2.17. The minimum Gasteiger partial charge on any atom is -0.384 e. The van der Waals surface area contributed by atoms with E-state index < -0.39 is 11.9 Å². The lowest BCUT2D eigenvalue weighted by Crippen LogP contribution is -2.03. The first-order chi connectivity index (χ1) is 10.1. The van der Waals surface area contributed by atoms with Crippen molar-refractivity contribution in [2.24, 2.45) is 0 Å². The van der Waals surface area contributed by atoms with Crippen LogP contribution in [0.25, 0.3) is 10.9 Å². The number of rotatable bonds is 2. The van der Waals surface area contributed by atoms with Crippen LogP contribution in [-0.2, 0) is 0 Å². The van der Waals surface area contributed by atoms with E-state index in [4.69, 9.17) is 11.6 Å². The van der Waals surface area contributed by atoms with Crippen LogP contribution in [0, 0.1) is 12.7 Å². The average Bonchev–Trinajstić information content (AvgIpc) is 2.49. The highest BCUT2D eigenvalue weighted by Crippen LogP contribution is 2.29. The number of aryl methyl sites for hydroxylation is 1. The quantitative estimate of drug-likeness (QED) is 0.760. The van der Waals surface area contributed by atoms with E-state index in [-0.39, 0.29) is 10.6 Å². The lowest BCUT2D eigenvalue weighted by atomic mass is 9.99. The molecule has 3 aromatic rings. The Hall–Kier alpha value is -1.97. The summed E-state index contributed by atoms with van der Waals surface area (Å²) in [6, 6.07) is 13.8. The molecule has 0 amide bonds. The number of fused-ring (bicyclic) bond motifs is 1. The van der Waals surface area contributed by atoms with E-state index in [0.29, 0.717) is 5.56 Å². The van der Waals surface area contributed by atoms with Crippen LogP contribution in [0.3, 0.4) is 0 Å². The van der Waals surface area contributed by atoms with Gasteiger partial charge in [-0.3, -0.25) is 4.98 Å². The first kappa shape index (κ1) is 14.0. The normalized spacial score (nSPS) is 12.6. The summed E-state index contributed by atoms with van der Waals surface area (Å²) < 4.78 is 14.0. The standard InChI is InChI=1S/C17H13ClFNO/c1-10-5-6-11-9-12(7-8-15(11)20-10)17(21)13-3-2-4-14(18)16(13)19/h2-9,17,21H,1H3. The van der Waals surface area contributed by atoms with Crippen LogP contribution in [0.2, 0.25) is 5.02 Å². The molecule has 0 aliphatic heterocycles. The number of aliphatic hydroxyl groups is 1. The van der Waals surface area contributed by atoms with Gasteiger partial charge in [-0.1, -0.05) is 35.9 Å². The summed E-state index contributed by atoms with van der Waals surface area (Å²) in [7, 11) is 0. The second-order valence-corrected chi connectivity index (χ2v) is 5.36. The summed E-state index contributed by atoms with van der Waals surface area (Å²) in [4.78, 5) is 4.40. The summed E-state index contributed by atoms with van der Waals surface area (Å²) >= 11 is 5.76.